The van der Waals surface area contributed by atoms with Crippen LogP contribution in [0, 0.1) is 0 Å². The molecule has 1 unspecified atom stereocenters. The second kappa shape index (κ2) is 7.11. The first-order chi connectivity index (χ1) is 9.27. The third-order valence-electron chi connectivity index (χ3n) is 2.50. The first-order valence-electron chi connectivity index (χ1n) is 5.62. The van der Waals surface area contributed by atoms with Crippen LogP contribution in [0.2, 0.25) is 0 Å². The Morgan fingerprint density at radius 1 is 1.55 bits per heavy atom. The summed E-state index contributed by atoms with van der Waals surface area (Å²) in [6, 6.07) is -1.27. The highest BCUT2D eigenvalue weighted by Gasteiger charge is 2.42. The van der Waals surface area contributed by atoms with Crippen LogP contribution in [0.15, 0.2) is 0 Å². The van der Waals surface area contributed by atoms with Crippen molar-refractivity contribution in [3.05, 3.63) is 0 Å². The maximum atomic E-state index is 12.3. The molecule has 0 aliphatic carbocycles. The summed E-state index contributed by atoms with van der Waals surface area (Å²) < 4.78 is 41.7. The van der Waals surface area contributed by atoms with Crippen molar-refractivity contribution in [3.8, 4) is 0 Å². The Morgan fingerprint density at radius 3 is 2.65 bits per heavy atom. The summed E-state index contributed by atoms with van der Waals surface area (Å²) in [5.41, 5.74) is 0. The van der Waals surface area contributed by atoms with Gasteiger partial charge in [-0.05, 0) is 30.6 Å². The van der Waals surface area contributed by atoms with Crippen molar-refractivity contribution in [3.63, 3.8) is 0 Å². The molecule has 1 atom stereocenters. The van der Waals surface area contributed by atoms with Gasteiger partial charge in [-0.3, -0.25) is 14.5 Å². The molecule has 0 aromatic carbocycles. The summed E-state index contributed by atoms with van der Waals surface area (Å²) in [7, 11) is 0. The van der Waals surface area contributed by atoms with Crippen LogP contribution in [-0.2, 0) is 14.3 Å². The molecule has 20 heavy (non-hydrogen) atoms. The van der Waals surface area contributed by atoms with Gasteiger partial charge in [-0.1, -0.05) is 0 Å². The number of ether oxygens (including phenoxy) is 1. The number of rotatable bonds is 5. The summed E-state index contributed by atoms with van der Waals surface area (Å²) >= 11 is 6.14. The average Bonchev–Trinajstić information content (AvgIpc) is 2.78. The fourth-order valence-electron chi connectivity index (χ4n) is 1.51. The highest BCUT2D eigenvalue weighted by Crippen LogP contribution is 2.16. The average molecular weight is 330 g/mol. The smallest absolute Gasteiger partial charge is 0.469 e. The molecule has 1 aliphatic heterocycles. The monoisotopic (exact) mass is 330 g/mol. The van der Waals surface area contributed by atoms with Gasteiger partial charge in [0.2, 0.25) is 0 Å². The van der Waals surface area contributed by atoms with Gasteiger partial charge in [0.1, 0.15) is 12.6 Å². The highest BCUT2D eigenvalue weighted by atomic mass is 32.2. The summed E-state index contributed by atoms with van der Waals surface area (Å²) in [5, 5.41) is 1.63. The third kappa shape index (κ3) is 4.51. The van der Waals surface area contributed by atoms with Gasteiger partial charge < -0.3 is 10.1 Å². The van der Waals surface area contributed by atoms with E-state index in [0.717, 1.165) is 4.90 Å². The Balaban J connectivity index is 2.75. The van der Waals surface area contributed by atoms with Gasteiger partial charge in [0.05, 0.1) is 6.54 Å². The Bertz CT molecular complexity index is 404. The fraction of sp³-hybridized carbons (Fsp3) is 0.700. The molecule has 1 N–H and O–H groups in total. The van der Waals surface area contributed by atoms with Crippen LogP contribution >= 0.6 is 24.0 Å². The van der Waals surface area contributed by atoms with Crippen molar-refractivity contribution in [2.45, 2.75) is 18.6 Å². The maximum absolute atomic E-state index is 12.3. The van der Waals surface area contributed by atoms with E-state index in [1.807, 2.05) is 0 Å². The summed E-state index contributed by atoms with van der Waals surface area (Å²) in [6.45, 7) is 0.377. The minimum Gasteiger partial charge on any atom is -0.469 e. The molecular formula is C10H13F3N2O3S2. The molecule has 1 rings (SSSR count). The van der Waals surface area contributed by atoms with E-state index in [2.05, 4.69) is 0 Å². The molecule has 0 saturated carbocycles. The van der Waals surface area contributed by atoms with E-state index in [1.54, 1.807) is 11.6 Å². The number of carbonyl (C=O) groups excluding carboxylic acids is 2. The maximum Gasteiger partial charge on any atom is 0.471 e. The molecule has 0 radical (unpaired) electrons. The van der Waals surface area contributed by atoms with E-state index in [1.165, 1.54) is 11.8 Å². The van der Waals surface area contributed by atoms with Crippen LogP contribution in [-0.4, -0.2) is 59.3 Å². The lowest BCUT2D eigenvalue weighted by atomic mass is 10.2. The van der Waals surface area contributed by atoms with Crippen LogP contribution < -0.4 is 5.32 Å². The van der Waals surface area contributed by atoms with Crippen molar-refractivity contribution in [2.24, 2.45) is 0 Å². The Kier molecular flexibility index (Phi) is 6.06. The Labute approximate surface area is 123 Å². The molecule has 1 aliphatic rings. The van der Waals surface area contributed by atoms with Crippen molar-refractivity contribution in [1.29, 1.82) is 0 Å². The Morgan fingerprint density at radius 2 is 2.20 bits per heavy atom. The lowest BCUT2D eigenvalue weighted by Crippen LogP contribution is -2.52. The molecule has 114 valence electrons. The quantitative estimate of drug-likeness (QED) is 0.760. The van der Waals surface area contributed by atoms with Crippen LogP contribution in [0.5, 0.6) is 0 Å². The van der Waals surface area contributed by atoms with Crippen LogP contribution in [0.1, 0.15) is 6.42 Å². The van der Waals surface area contributed by atoms with E-state index < -0.39 is 24.0 Å². The lowest BCUT2D eigenvalue weighted by Gasteiger charge is -2.22. The first kappa shape index (κ1) is 17.0. The largest absolute Gasteiger partial charge is 0.471 e. The minimum absolute atomic E-state index is 0.0783. The first-order valence-corrected chi connectivity index (χ1v) is 7.42. The van der Waals surface area contributed by atoms with Crippen molar-refractivity contribution < 1.29 is 27.5 Å². The zero-order valence-corrected chi connectivity index (χ0v) is 12.2. The van der Waals surface area contributed by atoms with Crippen molar-refractivity contribution in [2.75, 3.05) is 25.2 Å². The predicted molar refractivity (Wildman–Crippen MR) is 71.2 cm³/mol. The van der Waals surface area contributed by atoms with E-state index >= 15 is 0 Å². The summed E-state index contributed by atoms with van der Waals surface area (Å²) in [6.07, 6.45) is -3.20. The molecule has 10 heteroatoms. The zero-order valence-electron chi connectivity index (χ0n) is 10.5. The Hall–Kier alpha value is -1.03. The molecule has 0 aromatic heterocycles. The standard InChI is InChI=1S/C10H13F3N2O3S2/c1-20-5-2-6(14-8(17)10(11,12)13)7(16)15-3-4-18-9(15)19/h6H,2-5H2,1H3,(H,14,17). The fourth-order valence-corrected chi connectivity index (χ4v) is 2.25. The van der Waals surface area contributed by atoms with Crippen LogP contribution in [0.4, 0.5) is 13.2 Å². The number of amides is 2. The molecule has 1 heterocycles. The molecular weight excluding hydrogens is 317 g/mol. The van der Waals surface area contributed by atoms with Gasteiger partial charge in [-0.25, -0.2) is 0 Å². The van der Waals surface area contributed by atoms with E-state index in [-0.39, 0.29) is 24.7 Å². The van der Waals surface area contributed by atoms with E-state index in [4.69, 9.17) is 17.0 Å². The number of nitrogens with zero attached hydrogens (tertiary/aromatic N) is 1. The molecule has 0 bridgehead atoms. The number of carbonyl (C=O) groups is 2. The van der Waals surface area contributed by atoms with Crippen molar-refractivity contribution >= 4 is 41.0 Å². The van der Waals surface area contributed by atoms with Gasteiger partial charge in [0.25, 0.3) is 11.1 Å². The number of alkyl halides is 3. The van der Waals surface area contributed by atoms with Gasteiger partial charge in [-0.2, -0.15) is 24.9 Å². The van der Waals surface area contributed by atoms with Gasteiger partial charge in [0.15, 0.2) is 0 Å². The number of nitrogens with one attached hydrogen (secondary N) is 1. The second-order valence-corrected chi connectivity index (χ2v) is 5.24. The van der Waals surface area contributed by atoms with Crippen LogP contribution in [0.25, 0.3) is 0 Å². The molecule has 1 saturated heterocycles. The molecule has 5 nitrogen and oxygen atoms in total. The zero-order chi connectivity index (χ0) is 15.3. The number of thioether (sulfide) groups is 1. The molecule has 2 amide bonds. The van der Waals surface area contributed by atoms with Crippen molar-refractivity contribution in [1.82, 2.24) is 10.2 Å². The molecule has 0 aromatic rings. The van der Waals surface area contributed by atoms with E-state index in [0.29, 0.717) is 5.75 Å². The number of thiocarbonyl (C=S) groups is 1. The second-order valence-electron chi connectivity index (χ2n) is 3.91. The molecule has 0 spiro atoms. The van der Waals surface area contributed by atoms with Gasteiger partial charge in [-0.15, -0.1) is 0 Å². The highest BCUT2D eigenvalue weighted by molar-refractivity contribution is 7.98. The SMILES string of the molecule is CSCCC(NC(=O)C(F)(F)F)C(=O)N1CCOC1=S. The number of halogens is 3. The van der Waals surface area contributed by atoms with Gasteiger partial charge in [0, 0.05) is 0 Å². The van der Waals surface area contributed by atoms with Gasteiger partial charge >= 0.3 is 12.1 Å². The predicted octanol–water partition coefficient (Wildman–Crippen LogP) is 0.930. The summed E-state index contributed by atoms with van der Waals surface area (Å²) in [5.74, 6) is -2.39. The normalized spacial score (nSPS) is 16.8. The van der Waals surface area contributed by atoms with E-state index in [9.17, 15) is 22.8 Å². The third-order valence-corrected chi connectivity index (χ3v) is 3.48. The number of hydrogen-bond acceptors (Lipinski definition) is 5. The topological polar surface area (TPSA) is 58.6 Å². The summed E-state index contributed by atoms with van der Waals surface area (Å²) in [4.78, 5) is 24.1. The number of hydrogen-bond donors (Lipinski definition) is 1. The molecule has 1 fully saturated rings. The lowest BCUT2D eigenvalue weighted by molar-refractivity contribution is -0.175. The minimum atomic E-state index is -5.03. The van der Waals surface area contributed by atoms with Crippen LogP contribution in [0.3, 0.4) is 0 Å².